The maximum Gasteiger partial charge on any atom is 0.241 e. The first-order valence-electron chi connectivity index (χ1n) is 6.60. The molecule has 0 saturated carbocycles. The molecule has 0 aromatic heterocycles. The van der Waals surface area contributed by atoms with Crippen LogP contribution in [0.15, 0.2) is 32.0 Å². The smallest absolute Gasteiger partial charge is 0.211 e. The zero-order valence-corrected chi connectivity index (χ0v) is 16.1. The van der Waals surface area contributed by atoms with Gasteiger partial charge >= 0.3 is 0 Å². The molecule has 3 nitrogen and oxygen atoms in total. The highest BCUT2D eigenvalue weighted by molar-refractivity contribution is 9.11. The molecule has 0 aliphatic heterocycles. The second-order valence-electron chi connectivity index (χ2n) is 5.58. The van der Waals surface area contributed by atoms with Gasteiger partial charge in [0.2, 0.25) is 10.0 Å². The highest BCUT2D eigenvalue weighted by Crippen LogP contribution is 2.26. The number of hydrogen-bond acceptors (Lipinski definition) is 2. The first-order chi connectivity index (χ1) is 9.15. The Bertz CT molecular complexity index is 548. The zero-order valence-electron chi connectivity index (χ0n) is 12.2. The van der Waals surface area contributed by atoms with Crippen LogP contribution in [0, 0.1) is 17.8 Å². The summed E-state index contributed by atoms with van der Waals surface area (Å²) in [6.45, 7) is 8.94. The van der Waals surface area contributed by atoms with E-state index in [-0.39, 0.29) is 4.90 Å². The van der Waals surface area contributed by atoms with Crippen molar-refractivity contribution in [1.82, 2.24) is 4.72 Å². The lowest BCUT2D eigenvalue weighted by Gasteiger charge is -2.25. The van der Waals surface area contributed by atoms with Crippen molar-refractivity contribution < 1.29 is 8.42 Å². The van der Waals surface area contributed by atoms with Crippen LogP contribution >= 0.6 is 31.9 Å². The van der Waals surface area contributed by atoms with E-state index in [2.05, 4.69) is 64.3 Å². The molecule has 0 radical (unpaired) electrons. The van der Waals surface area contributed by atoms with Gasteiger partial charge in [-0.15, -0.1) is 0 Å². The Hall–Kier alpha value is 0.0900. The molecular formula is C14H21Br2NO2S. The van der Waals surface area contributed by atoms with Gasteiger partial charge < -0.3 is 0 Å². The average molecular weight is 427 g/mol. The van der Waals surface area contributed by atoms with Gasteiger partial charge in [-0.05, 0) is 51.9 Å². The fourth-order valence-electron chi connectivity index (χ4n) is 2.22. The number of hydrogen-bond donors (Lipinski definition) is 1. The van der Waals surface area contributed by atoms with Crippen molar-refractivity contribution in [2.75, 3.05) is 6.54 Å². The van der Waals surface area contributed by atoms with Crippen molar-refractivity contribution in [2.45, 2.75) is 32.6 Å². The first-order valence-corrected chi connectivity index (χ1v) is 9.66. The van der Waals surface area contributed by atoms with E-state index in [1.807, 2.05) is 0 Å². The highest BCUT2D eigenvalue weighted by atomic mass is 79.9. The van der Waals surface area contributed by atoms with Gasteiger partial charge in [0, 0.05) is 15.5 Å². The van der Waals surface area contributed by atoms with Gasteiger partial charge in [0.1, 0.15) is 0 Å². The van der Waals surface area contributed by atoms with Gasteiger partial charge in [0.05, 0.1) is 4.90 Å². The molecule has 0 aliphatic rings. The van der Waals surface area contributed by atoms with Gasteiger partial charge in [-0.1, -0.05) is 43.6 Å². The molecule has 0 heterocycles. The Morgan fingerprint density at radius 1 is 1.10 bits per heavy atom. The van der Waals surface area contributed by atoms with Crippen molar-refractivity contribution in [1.29, 1.82) is 0 Å². The summed E-state index contributed by atoms with van der Waals surface area (Å²) in [5, 5.41) is 0. The predicted molar refractivity (Wildman–Crippen MR) is 90.2 cm³/mol. The van der Waals surface area contributed by atoms with Crippen LogP contribution in [-0.4, -0.2) is 15.0 Å². The average Bonchev–Trinajstić information content (AvgIpc) is 2.26. The van der Waals surface area contributed by atoms with E-state index in [0.717, 1.165) is 4.47 Å². The third-order valence-electron chi connectivity index (χ3n) is 3.41. The molecule has 1 N–H and O–H groups in total. The molecule has 1 rings (SSSR count). The number of benzene rings is 1. The number of sulfonamides is 1. The van der Waals surface area contributed by atoms with Crippen LogP contribution in [0.2, 0.25) is 0 Å². The van der Waals surface area contributed by atoms with Gasteiger partial charge in [-0.3, -0.25) is 0 Å². The highest BCUT2D eigenvalue weighted by Gasteiger charge is 2.22. The predicted octanol–water partition coefficient (Wildman–Crippen LogP) is 4.42. The molecule has 0 saturated heterocycles. The van der Waals surface area contributed by atoms with Gasteiger partial charge in [0.15, 0.2) is 0 Å². The van der Waals surface area contributed by atoms with Crippen LogP contribution in [0.1, 0.15) is 27.7 Å². The largest absolute Gasteiger partial charge is 0.241 e. The normalized spacial score (nSPS) is 12.7. The molecule has 1 aromatic rings. The Labute approximate surface area is 138 Å². The van der Waals surface area contributed by atoms with Crippen LogP contribution in [-0.2, 0) is 10.0 Å². The van der Waals surface area contributed by atoms with E-state index in [1.165, 1.54) is 0 Å². The summed E-state index contributed by atoms with van der Waals surface area (Å²) in [5.41, 5.74) is 0. The van der Waals surface area contributed by atoms with Gasteiger partial charge in [-0.2, -0.15) is 0 Å². The quantitative estimate of drug-likeness (QED) is 0.731. The SMILES string of the molecule is CC(C)C(CNS(=O)(=O)c1ccc(Br)cc1Br)C(C)C. The maximum absolute atomic E-state index is 12.4. The topological polar surface area (TPSA) is 46.2 Å². The van der Waals surface area contributed by atoms with Crippen molar-refractivity contribution in [3.63, 3.8) is 0 Å². The second-order valence-corrected chi connectivity index (χ2v) is 9.08. The van der Waals surface area contributed by atoms with Crippen molar-refractivity contribution >= 4 is 41.9 Å². The fraction of sp³-hybridized carbons (Fsp3) is 0.571. The number of rotatable bonds is 6. The van der Waals surface area contributed by atoms with Crippen LogP contribution in [0.3, 0.4) is 0 Å². The van der Waals surface area contributed by atoms with Gasteiger partial charge in [-0.25, -0.2) is 13.1 Å². The number of halogens is 2. The van der Waals surface area contributed by atoms with E-state index in [0.29, 0.717) is 28.8 Å². The van der Waals surface area contributed by atoms with Crippen LogP contribution in [0.5, 0.6) is 0 Å². The Kier molecular flexibility index (Phi) is 6.70. The standard InChI is InChI=1S/C14H21Br2NO2S/c1-9(2)12(10(3)4)8-17-20(18,19)14-6-5-11(15)7-13(14)16/h5-7,9-10,12,17H,8H2,1-4H3. The van der Waals surface area contributed by atoms with Crippen LogP contribution in [0.4, 0.5) is 0 Å². The lowest BCUT2D eigenvalue weighted by Crippen LogP contribution is -2.34. The molecular weight excluding hydrogens is 406 g/mol. The van der Waals surface area contributed by atoms with Crippen LogP contribution < -0.4 is 4.72 Å². The maximum atomic E-state index is 12.4. The summed E-state index contributed by atoms with van der Waals surface area (Å²) in [6, 6.07) is 5.05. The fourth-order valence-corrected chi connectivity index (χ4v) is 5.03. The minimum absolute atomic E-state index is 0.270. The third kappa shape index (κ3) is 4.83. The van der Waals surface area contributed by atoms with Gasteiger partial charge in [0.25, 0.3) is 0 Å². The molecule has 6 heteroatoms. The molecule has 0 unspecified atom stereocenters. The Balaban J connectivity index is 2.90. The summed E-state index contributed by atoms with van der Waals surface area (Å²) in [4.78, 5) is 0.270. The van der Waals surface area contributed by atoms with E-state index in [1.54, 1.807) is 18.2 Å². The van der Waals surface area contributed by atoms with Crippen LogP contribution in [0.25, 0.3) is 0 Å². The summed E-state index contributed by atoms with van der Waals surface area (Å²) in [5.74, 6) is 1.19. The zero-order chi connectivity index (χ0) is 15.5. The Morgan fingerprint density at radius 3 is 2.10 bits per heavy atom. The minimum Gasteiger partial charge on any atom is -0.211 e. The second kappa shape index (κ2) is 7.38. The van der Waals surface area contributed by atoms with Crippen molar-refractivity contribution in [2.24, 2.45) is 17.8 Å². The lowest BCUT2D eigenvalue weighted by molar-refractivity contribution is 0.289. The summed E-state index contributed by atoms with van der Waals surface area (Å²) >= 11 is 6.62. The Morgan fingerprint density at radius 2 is 1.65 bits per heavy atom. The van der Waals surface area contributed by atoms with Crippen molar-refractivity contribution in [3.8, 4) is 0 Å². The first kappa shape index (κ1) is 18.1. The van der Waals surface area contributed by atoms with E-state index < -0.39 is 10.0 Å². The molecule has 0 fully saturated rings. The molecule has 0 atom stereocenters. The third-order valence-corrected chi connectivity index (χ3v) is 6.30. The summed E-state index contributed by atoms with van der Waals surface area (Å²) in [7, 11) is -3.49. The lowest BCUT2D eigenvalue weighted by atomic mass is 9.86. The molecule has 0 spiro atoms. The monoisotopic (exact) mass is 425 g/mol. The van der Waals surface area contributed by atoms with Crippen molar-refractivity contribution in [3.05, 3.63) is 27.1 Å². The molecule has 20 heavy (non-hydrogen) atoms. The van der Waals surface area contributed by atoms with E-state index in [9.17, 15) is 8.42 Å². The summed E-state index contributed by atoms with van der Waals surface area (Å²) < 4.78 is 28.8. The molecule has 114 valence electrons. The minimum atomic E-state index is -3.49. The molecule has 0 bridgehead atoms. The molecule has 1 aromatic carbocycles. The van der Waals surface area contributed by atoms with E-state index in [4.69, 9.17) is 0 Å². The van der Waals surface area contributed by atoms with E-state index >= 15 is 0 Å². The molecule has 0 amide bonds. The number of nitrogens with one attached hydrogen (secondary N) is 1. The molecule has 0 aliphatic carbocycles. The summed E-state index contributed by atoms with van der Waals surface area (Å²) in [6.07, 6.45) is 0.